The lowest BCUT2D eigenvalue weighted by molar-refractivity contribution is 0.489. The molecule has 1 saturated heterocycles. The van der Waals surface area contributed by atoms with Crippen LogP contribution in [0.3, 0.4) is 0 Å². The lowest BCUT2D eigenvalue weighted by Gasteiger charge is -2.22. The molecule has 5 heteroatoms. The van der Waals surface area contributed by atoms with Gasteiger partial charge in [-0.15, -0.1) is 0 Å². The van der Waals surface area contributed by atoms with E-state index in [4.69, 9.17) is 0 Å². The summed E-state index contributed by atoms with van der Waals surface area (Å²) in [5, 5.41) is 2.99. The monoisotopic (exact) mass is 258 g/mol. The Bertz CT molecular complexity index is 370. The van der Waals surface area contributed by atoms with E-state index in [1.807, 2.05) is 0 Å². The Labute approximate surface area is 104 Å². The molecule has 0 aromatic carbocycles. The van der Waals surface area contributed by atoms with Crippen LogP contribution in [-0.4, -0.2) is 33.3 Å². The number of allylic oxidation sites excluding steroid dienone is 1. The minimum absolute atomic E-state index is 0.193. The Balaban J connectivity index is 1.76. The largest absolute Gasteiger partial charge is 0.317 e. The van der Waals surface area contributed by atoms with E-state index in [2.05, 4.69) is 16.1 Å². The Morgan fingerprint density at radius 1 is 1.35 bits per heavy atom. The zero-order chi connectivity index (χ0) is 12.1. The van der Waals surface area contributed by atoms with E-state index in [0.717, 1.165) is 45.2 Å². The van der Waals surface area contributed by atoms with Crippen LogP contribution in [0.1, 0.15) is 38.5 Å². The van der Waals surface area contributed by atoms with Gasteiger partial charge in [0.15, 0.2) is 0 Å². The van der Waals surface area contributed by atoms with Gasteiger partial charge < -0.3 is 5.32 Å². The third-order valence-electron chi connectivity index (χ3n) is 3.61. The van der Waals surface area contributed by atoms with Gasteiger partial charge in [0.05, 0.1) is 5.25 Å². The first-order valence-corrected chi connectivity index (χ1v) is 8.10. The van der Waals surface area contributed by atoms with Gasteiger partial charge in [0.25, 0.3) is 0 Å². The molecule has 0 aromatic rings. The van der Waals surface area contributed by atoms with E-state index in [9.17, 15) is 8.42 Å². The molecule has 2 rings (SSSR count). The van der Waals surface area contributed by atoms with Crippen LogP contribution in [0.5, 0.6) is 0 Å². The maximum absolute atomic E-state index is 12.0. The Morgan fingerprint density at radius 3 is 2.76 bits per heavy atom. The second kappa shape index (κ2) is 5.98. The molecule has 0 radical (unpaired) electrons. The smallest absolute Gasteiger partial charge is 0.214 e. The summed E-state index contributed by atoms with van der Waals surface area (Å²) < 4.78 is 26.8. The van der Waals surface area contributed by atoms with E-state index < -0.39 is 10.0 Å². The summed E-state index contributed by atoms with van der Waals surface area (Å²) >= 11 is 0. The first-order chi connectivity index (χ1) is 8.18. The highest BCUT2D eigenvalue weighted by Crippen LogP contribution is 2.20. The zero-order valence-electron chi connectivity index (χ0n) is 10.2. The molecule has 1 aliphatic carbocycles. The molecule has 4 nitrogen and oxygen atoms in total. The van der Waals surface area contributed by atoms with Crippen molar-refractivity contribution in [2.45, 2.75) is 43.8 Å². The summed E-state index contributed by atoms with van der Waals surface area (Å²) in [5.41, 5.74) is 1.41. The number of hydrogen-bond donors (Lipinski definition) is 2. The second-order valence-corrected chi connectivity index (χ2v) is 6.94. The Morgan fingerprint density at radius 2 is 2.12 bits per heavy atom. The fourth-order valence-corrected chi connectivity index (χ4v) is 4.02. The van der Waals surface area contributed by atoms with E-state index in [0.29, 0.717) is 6.54 Å². The standard InChI is InChI=1S/C12H22N2O2S/c15-17(16,12-6-8-13-9-7-12)14-10-5-11-3-1-2-4-11/h3,12-14H,1-2,4-10H2. The van der Waals surface area contributed by atoms with Gasteiger partial charge in [0.1, 0.15) is 0 Å². The molecule has 98 valence electrons. The van der Waals surface area contributed by atoms with Crippen LogP contribution in [0.4, 0.5) is 0 Å². The van der Waals surface area contributed by atoms with Gasteiger partial charge in [0.2, 0.25) is 10.0 Å². The molecular formula is C12H22N2O2S. The highest BCUT2D eigenvalue weighted by Gasteiger charge is 2.26. The molecule has 1 heterocycles. The minimum atomic E-state index is -3.09. The van der Waals surface area contributed by atoms with Crippen molar-refractivity contribution in [3.05, 3.63) is 11.6 Å². The Kier molecular flexibility index (Phi) is 4.59. The number of piperidine rings is 1. The highest BCUT2D eigenvalue weighted by atomic mass is 32.2. The van der Waals surface area contributed by atoms with Gasteiger partial charge in [-0.2, -0.15) is 0 Å². The molecule has 0 spiro atoms. The van der Waals surface area contributed by atoms with Crippen molar-refractivity contribution >= 4 is 10.0 Å². The van der Waals surface area contributed by atoms with Crippen LogP contribution < -0.4 is 10.0 Å². The lowest BCUT2D eigenvalue weighted by Crippen LogP contribution is -2.41. The van der Waals surface area contributed by atoms with Crippen molar-refractivity contribution in [1.82, 2.24) is 10.0 Å². The number of rotatable bonds is 5. The van der Waals surface area contributed by atoms with Crippen molar-refractivity contribution in [2.75, 3.05) is 19.6 Å². The summed E-state index contributed by atoms with van der Waals surface area (Å²) in [6.07, 6.45) is 8.14. The number of hydrogen-bond acceptors (Lipinski definition) is 3. The average Bonchev–Trinajstić information content (AvgIpc) is 2.83. The molecule has 1 fully saturated rings. The van der Waals surface area contributed by atoms with Crippen molar-refractivity contribution in [2.24, 2.45) is 0 Å². The molecule has 17 heavy (non-hydrogen) atoms. The quantitative estimate of drug-likeness (QED) is 0.728. The predicted octanol–water partition coefficient (Wildman–Crippen LogP) is 1.16. The summed E-state index contributed by atoms with van der Waals surface area (Å²) in [6.45, 7) is 2.20. The number of sulfonamides is 1. The molecule has 2 N–H and O–H groups in total. The van der Waals surface area contributed by atoms with Gasteiger partial charge in [-0.3, -0.25) is 0 Å². The van der Waals surface area contributed by atoms with Gasteiger partial charge in [-0.1, -0.05) is 11.6 Å². The van der Waals surface area contributed by atoms with Gasteiger partial charge >= 0.3 is 0 Å². The van der Waals surface area contributed by atoms with Crippen LogP contribution >= 0.6 is 0 Å². The van der Waals surface area contributed by atoms with Crippen molar-refractivity contribution in [3.63, 3.8) is 0 Å². The van der Waals surface area contributed by atoms with Crippen LogP contribution in [0.2, 0.25) is 0 Å². The summed E-state index contributed by atoms with van der Waals surface area (Å²) in [6, 6.07) is 0. The molecule has 0 aromatic heterocycles. The third kappa shape index (κ3) is 3.79. The number of nitrogens with one attached hydrogen (secondary N) is 2. The first kappa shape index (κ1) is 13.1. The topological polar surface area (TPSA) is 58.2 Å². The zero-order valence-corrected chi connectivity index (χ0v) is 11.1. The van der Waals surface area contributed by atoms with E-state index in [1.165, 1.54) is 12.0 Å². The average molecular weight is 258 g/mol. The van der Waals surface area contributed by atoms with Gasteiger partial charge in [-0.25, -0.2) is 13.1 Å². The highest BCUT2D eigenvalue weighted by molar-refractivity contribution is 7.90. The van der Waals surface area contributed by atoms with Crippen LogP contribution in [-0.2, 0) is 10.0 Å². The van der Waals surface area contributed by atoms with Crippen molar-refractivity contribution in [3.8, 4) is 0 Å². The molecule has 0 amide bonds. The van der Waals surface area contributed by atoms with Crippen LogP contribution in [0.25, 0.3) is 0 Å². The molecule has 0 atom stereocenters. The molecule has 0 unspecified atom stereocenters. The summed E-state index contributed by atoms with van der Waals surface area (Å²) in [7, 11) is -3.09. The van der Waals surface area contributed by atoms with Crippen molar-refractivity contribution < 1.29 is 8.42 Å². The van der Waals surface area contributed by atoms with Crippen LogP contribution in [0, 0.1) is 0 Å². The van der Waals surface area contributed by atoms with E-state index in [-0.39, 0.29) is 5.25 Å². The lowest BCUT2D eigenvalue weighted by atomic mass is 10.2. The normalized spacial score (nSPS) is 22.7. The first-order valence-electron chi connectivity index (χ1n) is 6.55. The maximum Gasteiger partial charge on any atom is 0.214 e. The van der Waals surface area contributed by atoms with Gasteiger partial charge in [-0.05, 0) is 51.6 Å². The SMILES string of the molecule is O=S(=O)(NCCC1=CCCC1)C1CCNCC1. The molecule has 1 aliphatic heterocycles. The van der Waals surface area contributed by atoms with Gasteiger partial charge in [0, 0.05) is 6.54 Å². The maximum atomic E-state index is 12.0. The van der Waals surface area contributed by atoms with Crippen LogP contribution in [0.15, 0.2) is 11.6 Å². The fourth-order valence-electron chi connectivity index (χ4n) is 2.54. The van der Waals surface area contributed by atoms with E-state index >= 15 is 0 Å². The summed E-state index contributed by atoms with van der Waals surface area (Å²) in [4.78, 5) is 0. The summed E-state index contributed by atoms with van der Waals surface area (Å²) in [5.74, 6) is 0. The fraction of sp³-hybridized carbons (Fsp3) is 0.833. The minimum Gasteiger partial charge on any atom is -0.317 e. The third-order valence-corrected chi connectivity index (χ3v) is 5.56. The van der Waals surface area contributed by atoms with E-state index in [1.54, 1.807) is 0 Å². The molecular weight excluding hydrogens is 236 g/mol. The van der Waals surface area contributed by atoms with Crippen molar-refractivity contribution in [1.29, 1.82) is 0 Å². The second-order valence-electron chi connectivity index (χ2n) is 4.89. The molecule has 0 saturated carbocycles. The Hall–Kier alpha value is -0.390. The molecule has 2 aliphatic rings. The predicted molar refractivity (Wildman–Crippen MR) is 69.4 cm³/mol. The molecule has 0 bridgehead atoms.